The zero-order valence-electron chi connectivity index (χ0n) is 12.4. The lowest BCUT2D eigenvalue weighted by molar-refractivity contribution is 0.522. The zero-order chi connectivity index (χ0) is 13.7. The van der Waals surface area contributed by atoms with Crippen molar-refractivity contribution in [3.63, 3.8) is 0 Å². The van der Waals surface area contributed by atoms with Gasteiger partial charge in [-0.3, -0.25) is 0 Å². The van der Waals surface area contributed by atoms with Crippen LogP contribution in [0.4, 0.5) is 0 Å². The molecule has 1 heterocycles. The molecule has 0 bridgehead atoms. The Hall–Kier alpha value is -1.28. The second-order valence-electron chi connectivity index (χ2n) is 5.82. The average Bonchev–Trinajstić information content (AvgIpc) is 2.78. The molecule has 2 nitrogen and oxygen atoms in total. The lowest BCUT2D eigenvalue weighted by Gasteiger charge is -2.08. The van der Waals surface area contributed by atoms with Crippen LogP contribution in [0.1, 0.15) is 32.3 Å². The molecule has 1 aromatic carbocycles. The average molecular weight is 258 g/mol. The van der Waals surface area contributed by atoms with Gasteiger partial charge in [-0.2, -0.15) is 0 Å². The van der Waals surface area contributed by atoms with Gasteiger partial charge >= 0.3 is 0 Å². The molecule has 0 saturated carbocycles. The molecule has 0 saturated heterocycles. The minimum absolute atomic E-state index is 0.747. The number of hydrogen-bond donors (Lipinski definition) is 1. The molecule has 0 atom stereocenters. The van der Waals surface area contributed by atoms with Crippen molar-refractivity contribution in [3.05, 3.63) is 36.0 Å². The molecule has 0 radical (unpaired) electrons. The quantitative estimate of drug-likeness (QED) is 0.743. The van der Waals surface area contributed by atoms with E-state index in [1.165, 1.54) is 29.3 Å². The summed E-state index contributed by atoms with van der Waals surface area (Å²) in [7, 11) is 0. The number of hydrogen-bond acceptors (Lipinski definition) is 1. The minimum atomic E-state index is 0.747. The van der Waals surface area contributed by atoms with Crippen LogP contribution in [-0.2, 0) is 6.54 Å². The summed E-state index contributed by atoms with van der Waals surface area (Å²) in [4.78, 5) is 0. The number of aryl methyl sites for hydroxylation is 2. The van der Waals surface area contributed by atoms with Crippen molar-refractivity contribution < 1.29 is 0 Å². The summed E-state index contributed by atoms with van der Waals surface area (Å²) in [5.74, 6) is 0.747. The highest BCUT2D eigenvalue weighted by Gasteiger charge is 2.02. The van der Waals surface area contributed by atoms with Gasteiger partial charge in [-0.05, 0) is 56.5 Å². The van der Waals surface area contributed by atoms with Gasteiger partial charge in [0.25, 0.3) is 0 Å². The summed E-state index contributed by atoms with van der Waals surface area (Å²) in [6.07, 6.45) is 4.71. The van der Waals surface area contributed by atoms with E-state index in [1.54, 1.807) is 0 Å². The SMILES string of the molecule is Cc1cccc2c1ccn2CCCCNCC(C)C. The van der Waals surface area contributed by atoms with Gasteiger partial charge in [0.05, 0.1) is 0 Å². The monoisotopic (exact) mass is 258 g/mol. The molecule has 0 aliphatic heterocycles. The maximum absolute atomic E-state index is 3.50. The van der Waals surface area contributed by atoms with Gasteiger partial charge in [-0.1, -0.05) is 26.0 Å². The van der Waals surface area contributed by atoms with Gasteiger partial charge in [-0.15, -0.1) is 0 Å². The van der Waals surface area contributed by atoms with Crippen LogP contribution < -0.4 is 5.32 Å². The molecule has 0 amide bonds. The Labute approximate surface area is 116 Å². The van der Waals surface area contributed by atoms with Crippen molar-refractivity contribution in [1.29, 1.82) is 0 Å². The number of fused-ring (bicyclic) bond motifs is 1. The first-order valence-corrected chi connectivity index (χ1v) is 7.43. The van der Waals surface area contributed by atoms with Crippen LogP contribution in [0.3, 0.4) is 0 Å². The molecule has 0 fully saturated rings. The van der Waals surface area contributed by atoms with E-state index in [9.17, 15) is 0 Å². The van der Waals surface area contributed by atoms with Gasteiger partial charge in [0.2, 0.25) is 0 Å². The molecule has 2 rings (SSSR count). The second kappa shape index (κ2) is 6.76. The van der Waals surface area contributed by atoms with E-state index in [2.05, 4.69) is 61.1 Å². The molecule has 0 aliphatic rings. The Bertz CT molecular complexity index is 511. The van der Waals surface area contributed by atoms with Crippen molar-refractivity contribution in [2.24, 2.45) is 5.92 Å². The summed E-state index contributed by atoms with van der Waals surface area (Å²) in [6.45, 7) is 10.1. The molecular weight excluding hydrogens is 232 g/mol. The maximum atomic E-state index is 3.50. The fourth-order valence-corrected chi connectivity index (χ4v) is 2.50. The van der Waals surface area contributed by atoms with Crippen LogP contribution in [0.2, 0.25) is 0 Å². The topological polar surface area (TPSA) is 17.0 Å². The van der Waals surface area contributed by atoms with Crippen molar-refractivity contribution in [1.82, 2.24) is 9.88 Å². The number of rotatable bonds is 7. The molecule has 0 spiro atoms. The molecule has 19 heavy (non-hydrogen) atoms. The van der Waals surface area contributed by atoms with Crippen LogP contribution in [0, 0.1) is 12.8 Å². The number of unbranched alkanes of at least 4 members (excludes halogenated alkanes) is 1. The molecule has 104 valence electrons. The lowest BCUT2D eigenvalue weighted by atomic mass is 10.1. The highest BCUT2D eigenvalue weighted by atomic mass is 14.9. The van der Waals surface area contributed by atoms with Gasteiger partial charge in [0.15, 0.2) is 0 Å². The second-order valence-corrected chi connectivity index (χ2v) is 5.82. The first-order chi connectivity index (χ1) is 9.18. The molecule has 0 aliphatic carbocycles. The molecular formula is C17H26N2. The van der Waals surface area contributed by atoms with E-state index in [1.807, 2.05) is 0 Å². The summed E-state index contributed by atoms with van der Waals surface area (Å²) in [5, 5.41) is 4.89. The Morgan fingerprint density at radius 1 is 1.16 bits per heavy atom. The van der Waals surface area contributed by atoms with Crippen LogP contribution in [-0.4, -0.2) is 17.7 Å². The largest absolute Gasteiger partial charge is 0.347 e. The van der Waals surface area contributed by atoms with Gasteiger partial charge < -0.3 is 9.88 Å². The number of benzene rings is 1. The third-order valence-electron chi connectivity index (χ3n) is 3.59. The normalized spacial score (nSPS) is 11.6. The molecule has 2 heteroatoms. The Kier molecular flexibility index (Phi) is 5.03. The van der Waals surface area contributed by atoms with E-state index in [0.717, 1.165) is 25.6 Å². The van der Waals surface area contributed by atoms with Crippen molar-refractivity contribution in [3.8, 4) is 0 Å². The Morgan fingerprint density at radius 2 is 2.00 bits per heavy atom. The molecule has 0 unspecified atom stereocenters. The Morgan fingerprint density at radius 3 is 2.79 bits per heavy atom. The predicted molar refractivity (Wildman–Crippen MR) is 83.6 cm³/mol. The van der Waals surface area contributed by atoms with Crippen LogP contribution >= 0.6 is 0 Å². The summed E-state index contributed by atoms with van der Waals surface area (Å²) in [5.41, 5.74) is 2.74. The predicted octanol–water partition coefficient (Wildman–Crippen LogP) is 3.98. The lowest BCUT2D eigenvalue weighted by Crippen LogP contribution is -2.20. The maximum Gasteiger partial charge on any atom is 0.0482 e. The van der Waals surface area contributed by atoms with Gasteiger partial charge in [0.1, 0.15) is 0 Å². The fraction of sp³-hybridized carbons (Fsp3) is 0.529. The third kappa shape index (κ3) is 3.84. The Balaban J connectivity index is 1.81. The number of aromatic nitrogens is 1. The fourth-order valence-electron chi connectivity index (χ4n) is 2.50. The zero-order valence-corrected chi connectivity index (χ0v) is 12.4. The first kappa shape index (κ1) is 14.1. The van der Waals surface area contributed by atoms with E-state index in [4.69, 9.17) is 0 Å². The summed E-state index contributed by atoms with van der Waals surface area (Å²) < 4.78 is 2.38. The van der Waals surface area contributed by atoms with E-state index in [-0.39, 0.29) is 0 Å². The van der Waals surface area contributed by atoms with E-state index >= 15 is 0 Å². The number of nitrogens with zero attached hydrogens (tertiary/aromatic N) is 1. The van der Waals surface area contributed by atoms with E-state index in [0.29, 0.717) is 0 Å². The standard InChI is InChI=1S/C17H26N2/c1-14(2)13-18-10-4-5-11-19-12-9-16-15(3)7-6-8-17(16)19/h6-9,12,14,18H,4-5,10-11,13H2,1-3H3. The van der Waals surface area contributed by atoms with Gasteiger partial charge in [0, 0.05) is 23.6 Å². The van der Waals surface area contributed by atoms with Crippen LogP contribution in [0.5, 0.6) is 0 Å². The molecule has 1 aromatic heterocycles. The molecule has 2 aromatic rings. The first-order valence-electron chi connectivity index (χ1n) is 7.43. The summed E-state index contributed by atoms with van der Waals surface area (Å²) in [6, 6.07) is 8.79. The van der Waals surface area contributed by atoms with Crippen molar-refractivity contribution >= 4 is 10.9 Å². The summed E-state index contributed by atoms with van der Waals surface area (Å²) >= 11 is 0. The molecule has 1 N–H and O–H groups in total. The van der Waals surface area contributed by atoms with Crippen LogP contribution in [0.25, 0.3) is 10.9 Å². The van der Waals surface area contributed by atoms with Gasteiger partial charge in [-0.25, -0.2) is 0 Å². The van der Waals surface area contributed by atoms with Crippen molar-refractivity contribution in [2.45, 2.75) is 40.2 Å². The van der Waals surface area contributed by atoms with Crippen LogP contribution in [0.15, 0.2) is 30.5 Å². The highest BCUT2D eigenvalue weighted by molar-refractivity contribution is 5.83. The number of nitrogens with one attached hydrogen (secondary N) is 1. The van der Waals surface area contributed by atoms with Crippen molar-refractivity contribution in [2.75, 3.05) is 13.1 Å². The third-order valence-corrected chi connectivity index (χ3v) is 3.59. The minimum Gasteiger partial charge on any atom is -0.347 e. The smallest absolute Gasteiger partial charge is 0.0482 e. The van der Waals surface area contributed by atoms with E-state index < -0.39 is 0 Å². The highest BCUT2D eigenvalue weighted by Crippen LogP contribution is 2.19.